The van der Waals surface area contributed by atoms with Gasteiger partial charge in [0.25, 0.3) is 6.71 Å². The van der Waals surface area contributed by atoms with Crippen molar-refractivity contribution in [3.05, 3.63) is 233 Å². The second-order valence-electron chi connectivity index (χ2n) is 20.0. The largest absolute Gasteiger partial charge is 0.311 e. The fraction of sp³-hybridized carbons (Fsp3) is 0.125. The fourth-order valence-corrected chi connectivity index (χ4v) is 14.2. The Balaban J connectivity index is 1.08. The van der Waals surface area contributed by atoms with Gasteiger partial charge in [-0.25, -0.2) is 0 Å². The Hall–Kier alpha value is -7.40. The third-order valence-corrected chi connectivity index (χ3v) is 16.9. The molecular weight excluding hydrogens is 840 g/mol. The van der Waals surface area contributed by atoms with Crippen LogP contribution in [-0.4, -0.2) is 6.71 Å². The molecule has 3 heterocycles. The smallest absolute Gasteiger partial charge is 0.264 e. The predicted octanol–water partition coefficient (Wildman–Crippen LogP) is 15.5. The molecule has 0 N–H and O–H groups in total. The molecule has 1 aromatic heterocycles. The molecule has 0 saturated carbocycles. The van der Waals surface area contributed by atoms with Gasteiger partial charge in [0, 0.05) is 43.3 Å². The van der Waals surface area contributed by atoms with Crippen LogP contribution in [0, 0.1) is 6.92 Å². The van der Waals surface area contributed by atoms with E-state index in [0.29, 0.717) is 11.8 Å². The molecule has 0 atom stereocenters. The van der Waals surface area contributed by atoms with Crippen LogP contribution in [0.25, 0.3) is 43.5 Å². The molecular formula is C64H49BN2S. The SMILES string of the molecule is Cc1ccc(N2c3cc(-c4c(C(C)C)cccc4C(C)C)ccc3B3c4sc5cc6c(cc5c4N(c4ccccc4)c4cccc2c43)-c2ccccc2C62c3ccccc3-c3ccccc32)cc1. The number of hydrogen-bond donors (Lipinski definition) is 0. The Bertz CT molecular complexity index is 3660. The highest BCUT2D eigenvalue weighted by atomic mass is 32.1. The highest BCUT2D eigenvalue weighted by Gasteiger charge is 2.52. The number of benzene rings is 9. The quantitative estimate of drug-likeness (QED) is 0.159. The molecule has 2 nitrogen and oxygen atoms in total. The summed E-state index contributed by atoms with van der Waals surface area (Å²) in [6.45, 7) is 11.5. The van der Waals surface area contributed by atoms with Gasteiger partial charge in [-0.1, -0.05) is 173 Å². The summed E-state index contributed by atoms with van der Waals surface area (Å²) in [6, 6.07) is 74.4. The molecule has 0 bridgehead atoms. The standard InChI is InChI=1S/C64H49BN2S/c1-38(2)44-22-15-23-45(39(3)4)60(44)41-31-34-55-58(35-41)66(43-32-29-40(5)30-33-43)56-27-16-28-57-61(56)65(55)63-62(67(57)42-17-7-6-8-18-42)50-36-49-48-21-11-14-26-53(48)64(54(49)37-59(50)68-63)51-24-12-9-19-46(51)47-20-10-13-25-52(47)64/h6-39H,1-5H3. The number of rotatable bonds is 5. The van der Waals surface area contributed by atoms with Crippen molar-refractivity contribution in [1.29, 1.82) is 0 Å². The van der Waals surface area contributed by atoms with E-state index in [0.717, 1.165) is 0 Å². The van der Waals surface area contributed by atoms with Crippen molar-refractivity contribution in [3.63, 3.8) is 0 Å². The van der Waals surface area contributed by atoms with Gasteiger partial charge in [0.15, 0.2) is 0 Å². The number of thiophene rings is 1. The van der Waals surface area contributed by atoms with Crippen molar-refractivity contribution in [3.8, 4) is 33.4 Å². The lowest BCUT2D eigenvalue weighted by molar-refractivity contribution is 0.795. The number of para-hydroxylation sites is 1. The Morgan fingerprint density at radius 1 is 0.471 bits per heavy atom. The van der Waals surface area contributed by atoms with E-state index in [2.05, 4.69) is 239 Å². The van der Waals surface area contributed by atoms with Crippen LogP contribution in [0.4, 0.5) is 34.1 Å². The van der Waals surface area contributed by atoms with Gasteiger partial charge in [0.05, 0.1) is 11.1 Å². The number of nitrogens with zero attached hydrogens (tertiary/aromatic N) is 2. The maximum Gasteiger partial charge on any atom is 0.264 e. The highest BCUT2D eigenvalue weighted by molar-refractivity contribution is 7.33. The zero-order valence-electron chi connectivity index (χ0n) is 39.0. The van der Waals surface area contributed by atoms with E-state index in [1.807, 2.05) is 11.3 Å². The molecule has 2 aliphatic heterocycles. The molecule has 1 spiro atoms. The number of fused-ring (bicyclic) bond motifs is 16. The topological polar surface area (TPSA) is 6.48 Å². The summed E-state index contributed by atoms with van der Waals surface area (Å²) in [6.07, 6.45) is 0. The van der Waals surface area contributed by atoms with E-state index >= 15 is 0 Å². The van der Waals surface area contributed by atoms with Crippen molar-refractivity contribution in [2.24, 2.45) is 0 Å². The number of aryl methyl sites for hydroxylation is 1. The first kappa shape index (κ1) is 39.7. The first-order chi connectivity index (χ1) is 33.3. The molecule has 9 aromatic carbocycles. The van der Waals surface area contributed by atoms with Crippen LogP contribution >= 0.6 is 11.3 Å². The lowest BCUT2D eigenvalue weighted by atomic mass is 9.36. The lowest BCUT2D eigenvalue weighted by Crippen LogP contribution is -2.60. The normalized spacial score (nSPS) is 14.2. The second-order valence-corrected chi connectivity index (χ2v) is 21.1. The molecule has 68 heavy (non-hydrogen) atoms. The minimum atomic E-state index is -0.406. The van der Waals surface area contributed by atoms with Gasteiger partial charge in [-0.3, -0.25) is 0 Å². The summed E-state index contributed by atoms with van der Waals surface area (Å²) < 4.78 is 2.72. The van der Waals surface area contributed by atoms with Crippen LogP contribution in [0.1, 0.15) is 78.5 Å². The average Bonchev–Trinajstić information content (AvgIpc) is 3.99. The van der Waals surface area contributed by atoms with Crippen molar-refractivity contribution < 1.29 is 0 Å². The molecule has 324 valence electrons. The van der Waals surface area contributed by atoms with Gasteiger partial charge in [0.2, 0.25) is 0 Å². The van der Waals surface area contributed by atoms with E-state index in [1.165, 1.54) is 132 Å². The summed E-state index contributed by atoms with van der Waals surface area (Å²) in [5, 5.41) is 1.31. The molecule has 14 rings (SSSR count). The third-order valence-electron chi connectivity index (χ3n) is 15.7. The van der Waals surface area contributed by atoms with Gasteiger partial charge in [-0.05, 0) is 151 Å². The fourth-order valence-electron chi connectivity index (χ4n) is 12.9. The van der Waals surface area contributed by atoms with Crippen molar-refractivity contribution in [2.75, 3.05) is 9.80 Å². The third kappa shape index (κ3) is 5.24. The molecule has 4 aliphatic rings. The van der Waals surface area contributed by atoms with Gasteiger partial charge >= 0.3 is 0 Å². The van der Waals surface area contributed by atoms with Crippen LogP contribution < -0.4 is 25.5 Å². The first-order valence-electron chi connectivity index (χ1n) is 24.3. The summed E-state index contributed by atoms with van der Waals surface area (Å²) in [7, 11) is 0. The minimum absolute atomic E-state index is 0.0215. The van der Waals surface area contributed by atoms with Gasteiger partial charge < -0.3 is 9.80 Å². The van der Waals surface area contributed by atoms with Crippen molar-refractivity contribution in [2.45, 2.75) is 51.9 Å². The molecule has 4 heteroatoms. The predicted molar refractivity (Wildman–Crippen MR) is 290 cm³/mol. The monoisotopic (exact) mass is 888 g/mol. The molecule has 0 saturated heterocycles. The van der Waals surface area contributed by atoms with Crippen molar-refractivity contribution in [1.82, 2.24) is 0 Å². The zero-order valence-corrected chi connectivity index (χ0v) is 39.8. The van der Waals surface area contributed by atoms with E-state index < -0.39 is 5.41 Å². The van der Waals surface area contributed by atoms with Crippen LogP contribution in [-0.2, 0) is 5.41 Å². The molecule has 0 radical (unpaired) electrons. The number of anilines is 6. The van der Waals surface area contributed by atoms with Crippen LogP contribution in [0.2, 0.25) is 0 Å². The van der Waals surface area contributed by atoms with E-state index in [-0.39, 0.29) is 6.71 Å². The van der Waals surface area contributed by atoms with Gasteiger partial charge in [-0.15, -0.1) is 11.3 Å². The van der Waals surface area contributed by atoms with Gasteiger partial charge in [-0.2, -0.15) is 0 Å². The van der Waals surface area contributed by atoms with Crippen LogP contribution in [0.15, 0.2) is 194 Å². The van der Waals surface area contributed by atoms with Gasteiger partial charge in [0.1, 0.15) is 0 Å². The average molecular weight is 889 g/mol. The summed E-state index contributed by atoms with van der Waals surface area (Å²) >= 11 is 2.00. The maximum atomic E-state index is 2.60. The second kappa shape index (κ2) is 14.6. The van der Waals surface area contributed by atoms with Crippen molar-refractivity contribution >= 4 is 78.0 Å². The molecule has 0 fully saturated rings. The highest BCUT2D eigenvalue weighted by Crippen LogP contribution is 2.64. The Morgan fingerprint density at radius 3 is 1.66 bits per heavy atom. The lowest BCUT2D eigenvalue weighted by Gasteiger charge is -2.43. The summed E-state index contributed by atoms with van der Waals surface area (Å²) in [4.78, 5) is 5.15. The van der Waals surface area contributed by atoms with E-state index in [1.54, 1.807) is 0 Å². The van der Waals surface area contributed by atoms with Crippen LogP contribution in [0.5, 0.6) is 0 Å². The maximum absolute atomic E-state index is 2.60. The molecule has 2 aliphatic carbocycles. The molecule has 0 unspecified atom stereocenters. The van der Waals surface area contributed by atoms with Crippen LogP contribution in [0.3, 0.4) is 0 Å². The van der Waals surface area contributed by atoms with E-state index in [9.17, 15) is 0 Å². The molecule has 10 aromatic rings. The molecule has 0 amide bonds. The Morgan fingerprint density at radius 2 is 1.03 bits per heavy atom. The minimum Gasteiger partial charge on any atom is -0.311 e. The number of hydrogen-bond acceptors (Lipinski definition) is 3. The summed E-state index contributed by atoms with van der Waals surface area (Å²) in [5.41, 5.74) is 27.2. The Kier molecular flexibility index (Phi) is 8.51. The first-order valence-corrected chi connectivity index (χ1v) is 25.2. The zero-order chi connectivity index (χ0) is 45.6. The Labute approximate surface area is 403 Å². The van der Waals surface area contributed by atoms with E-state index in [4.69, 9.17) is 0 Å². The summed E-state index contributed by atoms with van der Waals surface area (Å²) in [5.74, 6) is 0.775.